The molecule has 0 bridgehead atoms. The van der Waals surface area contributed by atoms with E-state index in [2.05, 4.69) is 32.6 Å². The third-order valence-electron chi connectivity index (χ3n) is 3.55. The van der Waals surface area contributed by atoms with Crippen molar-refractivity contribution in [1.82, 2.24) is 14.4 Å². The van der Waals surface area contributed by atoms with E-state index in [1.165, 1.54) is 37.7 Å². The Morgan fingerprint density at radius 2 is 2.12 bits per heavy atom. The number of imidazole rings is 1. The van der Waals surface area contributed by atoms with Crippen molar-refractivity contribution in [2.45, 2.75) is 38.0 Å². The SMILES string of the molecule is O=c1[nH]cc(C2CCCCC2)c2nc(I)cn12. The molecule has 4 nitrogen and oxygen atoms in total. The van der Waals surface area contributed by atoms with Crippen LogP contribution in [0.15, 0.2) is 17.2 Å². The number of hydrogen-bond acceptors (Lipinski definition) is 2. The highest BCUT2D eigenvalue weighted by Gasteiger charge is 2.20. The van der Waals surface area contributed by atoms with E-state index in [0.29, 0.717) is 5.92 Å². The Morgan fingerprint density at radius 3 is 2.88 bits per heavy atom. The molecule has 0 amide bonds. The highest BCUT2D eigenvalue weighted by Crippen LogP contribution is 2.33. The van der Waals surface area contributed by atoms with Crippen molar-refractivity contribution in [1.29, 1.82) is 0 Å². The maximum Gasteiger partial charge on any atom is 0.331 e. The second-order valence-corrected chi connectivity index (χ2v) is 5.75. The van der Waals surface area contributed by atoms with E-state index in [4.69, 9.17) is 0 Å². The summed E-state index contributed by atoms with van der Waals surface area (Å²) in [5.74, 6) is 0.557. The van der Waals surface area contributed by atoms with Crippen LogP contribution in [0.2, 0.25) is 0 Å². The fraction of sp³-hybridized carbons (Fsp3) is 0.500. The molecule has 1 aliphatic carbocycles. The first-order chi connectivity index (χ1) is 8.25. The first-order valence-electron chi connectivity index (χ1n) is 6.02. The van der Waals surface area contributed by atoms with Gasteiger partial charge in [0.05, 0.1) is 0 Å². The van der Waals surface area contributed by atoms with E-state index in [-0.39, 0.29) is 5.69 Å². The summed E-state index contributed by atoms with van der Waals surface area (Å²) in [6.45, 7) is 0. The standard InChI is InChI=1S/C12H14IN3O/c13-10-7-16-11(15-10)9(6-14-12(16)17)8-4-2-1-3-5-8/h6-8H,1-5H2,(H,14,17). The zero-order valence-corrected chi connectivity index (χ0v) is 11.6. The molecule has 0 saturated heterocycles. The molecule has 0 spiro atoms. The third-order valence-corrected chi connectivity index (χ3v) is 4.07. The maximum atomic E-state index is 11.7. The van der Waals surface area contributed by atoms with E-state index in [1.807, 2.05) is 6.20 Å². The number of aromatic nitrogens is 3. The molecule has 2 aromatic heterocycles. The van der Waals surface area contributed by atoms with Gasteiger partial charge in [0, 0.05) is 18.0 Å². The summed E-state index contributed by atoms with van der Waals surface area (Å²) < 4.78 is 2.50. The van der Waals surface area contributed by atoms with Crippen LogP contribution in [-0.2, 0) is 0 Å². The minimum Gasteiger partial charge on any atom is -0.313 e. The molecule has 0 aromatic carbocycles. The van der Waals surface area contributed by atoms with Crippen molar-refractivity contribution in [3.8, 4) is 0 Å². The first kappa shape index (κ1) is 11.3. The largest absolute Gasteiger partial charge is 0.331 e. The Morgan fingerprint density at radius 1 is 1.35 bits per heavy atom. The van der Waals surface area contributed by atoms with Gasteiger partial charge in [-0.25, -0.2) is 9.78 Å². The molecule has 1 fully saturated rings. The summed E-state index contributed by atoms with van der Waals surface area (Å²) in [7, 11) is 0. The van der Waals surface area contributed by atoms with Crippen molar-refractivity contribution < 1.29 is 0 Å². The second-order valence-electron chi connectivity index (χ2n) is 4.64. The van der Waals surface area contributed by atoms with Gasteiger partial charge < -0.3 is 4.98 Å². The zero-order valence-electron chi connectivity index (χ0n) is 9.45. The van der Waals surface area contributed by atoms with Crippen molar-refractivity contribution in [3.63, 3.8) is 0 Å². The monoisotopic (exact) mass is 343 g/mol. The fourth-order valence-corrected chi connectivity index (χ4v) is 3.20. The van der Waals surface area contributed by atoms with Crippen molar-refractivity contribution in [3.05, 3.63) is 32.1 Å². The van der Waals surface area contributed by atoms with Gasteiger partial charge in [0.15, 0.2) is 0 Å². The number of nitrogens with one attached hydrogen (secondary N) is 1. The minimum absolute atomic E-state index is 0.102. The smallest absolute Gasteiger partial charge is 0.313 e. The average molecular weight is 343 g/mol. The molecule has 3 rings (SSSR count). The van der Waals surface area contributed by atoms with E-state index in [9.17, 15) is 4.79 Å². The van der Waals surface area contributed by atoms with Crippen molar-refractivity contribution in [2.75, 3.05) is 0 Å². The third kappa shape index (κ3) is 2.00. The van der Waals surface area contributed by atoms with Crippen LogP contribution in [0.5, 0.6) is 0 Å². The molecule has 17 heavy (non-hydrogen) atoms. The van der Waals surface area contributed by atoms with Gasteiger partial charge in [-0.1, -0.05) is 19.3 Å². The van der Waals surface area contributed by atoms with Gasteiger partial charge in [-0.15, -0.1) is 0 Å². The summed E-state index contributed by atoms with van der Waals surface area (Å²) >= 11 is 2.15. The van der Waals surface area contributed by atoms with Crippen LogP contribution >= 0.6 is 22.6 Å². The van der Waals surface area contributed by atoms with Gasteiger partial charge in [-0.3, -0.25) is 4.40 Å². The van der Waals surface area contributed by atoms with Gasteiger partial charge in [-0.2, -0.15) is 0 Å². The normalized spacial score (nSPS) is 17.7. The topological polar surface area (TPSA) is 50.2 Å². The van der Waals surface area contributed by atoms with E-state index in [0.717, 1.165) is 9.35 Å². The average Bonchev–Trinajstić information content (AvgIpc) is 2.73. The Hall–Kier alpha value is -0.850. The van der Waals surface area contributed by atoms with E-state index in [1.54, 1.807) is 10.6 Å². The number of nitrogens with zero attached hydrogens (tertiary/aromatic N) is 2. The summed E-state index contributed by atoms with van der Waals surface area (Å²) in [4.78, 5) is 19.0. The Balaban J connectivity index is 2.15. The minimum atomic E-state index is -0.102. The number of hydrogen-bond donors (Lipinski definition) is 1. The van der Waals surface area contributed by atoms with Crippen LogP contribution in [0.3, 0.4) is 0 Å². The summed E-state index contributed by atoms with van der Waals surface area (Å²) in [6, 6.07) is 0. The van der Waals surface area contributed by atoms with Crippen LogP contribution in [0, 0.1) is 3.70 Å². The first-order valence-corrected chi connectivity index (χ1v) is 7.10. The Bertz CT molecular complexity index is 595. The highest BCUT2D eigenvalue weighted by atomic mass is 127. The zero-order chi connectivity index (χ0) is 11.8. The molecule has 1 saturated carbocycles. The quantitative estimate of drug-likeness (QED) is 0.810. The predicted octanol–water partition coefficient (Wildman–Crippen LogP) is 2.67. The molecule has 2 aromatic rings. The van der Waals surface area contributed by atoms with Crippen LogP contribution in [0.25, 0.3) is 5.65 Å². The van der Waals surface area contributed by atoms with Crippen LogP contribution in [0.4, 0.5) is 0 Å². The van der Waals surface area contributed by atoms with E-state index < -0.39 is 0 Å². The molecule has 2 heterocycles. The number of fused-ring (bicyclic) bond motifs is 1. The summed E-state index contributed by atoms with van der Waals surface area (Å²) in [5.41, 5.74) is 1.94. The van der Waals surface area contributed by atoms with Crippen molar-refractivity contribution in [2.24, 2.45) is 0 Å². The lowest BCUT2D eigenvalue weighted by molar-refractivity contribution is 0.443. The molecular formula is C12H14IN3O. The number of aromatic amines is 1. The van der Waals surface area contributed by atoms with Crippen LogP contribution in [0.1, 0.15) is 43.6 Å². The lowest BCUT2D eigenvalue weighted by Crippen LogP contribution is -2.18. The molecule has 0 atom stereocenters. The predicted molar refractivity (Wildman–Crippen MR) is 74.4 cm³/mol. The molecule has 1 N–H and O–H groups in total. The molecule has 5 heteroatoms. The summed E-state index contributed by atoms with van der Waals surface area (Å²) in [6.07, 6.45) is 9.98. The number of H-pyrrole nitrogens is 1. The molecule has 0 radical (unpaired) electrons. The summed E-state index contributed by atoms with van der Waals surface area (Å²) in [5, 5.41) is 0. The van der Waals surface area contributed by atoms with Gasteiger partial charge in [-0.05, 0) is 41.4 Å². The lowest BCUT2D eigenvalue weighted by Gasteiger charge is -2.21. The van der Waals surface area contributed by atoms with Gasteiger partial charge in [0.25, 0.3) is 0 Å². The Labute approximate surface area is 113 Å². The van der Waals surface area contributed by atoms with Crippen molar-refractivity contribution >= 4 is 28.2 Å². The van der Waals surface area contributed by atoms with Gasteiger partial charge in [0.1, 0.15) is 9.35 Å². The number of rotatable bonds is 1. The molecule has 1 aliphatic rings. The fourth-order valence-electron chi connectivity index (χ4n) is 2.70. The Kier molecular flexibility index (Phi) is 2.94. The molecule has 0 aliphatic heterocycles. The second kappa shape index (κ2) is 4.44. The highest BCUT2D eigenvalue weighted by molar-refractivity contribution is 14.1. The lowest BCUT2D eigenvalue weighted by atomic mass is 9.85. The number of halogens is 1. The van der Waals surface area contributed by atoms with Crippen LogP contribution < -0.4 is 5.69 Å². The van der Waals surface area contributed by atoms with Crippen LogP contribution in [-0.4, -0.2) is 14.4 Å². The molecular weight excluding hydrogens is 329 g/mol. The molecule has 90 valence electrons. The maximum absolute atomic E-state index is 11.7. The van der Waals surface area contributed by atoms with E-state index >= 15 is 0 Å². The molecule has 0 unspecified atom stereocenters. The van der Waals surface area contributed by atoms with Gasteiger partial charge in [0.2, 0.25) is 0 Å². The van der Waals surface area contributed by atoms with Gasteiger partial charge >= 0.3 is 5.69 Å².